The van der Waals surface area contributed by atoms with Gasteiger partial charge in [-0.2, -0.15) is 5.10 Å². The lowest BCUT2D eigenvalue weighted by Gasteiger charge is -2.24. The molecule has 0 aromatic carbocycles. The van der Waals surface area contributed by atoms with Gasteiger partial charge < -0.3 is 5.84 Å². The van der Waals surface area contributed by atoms with Crippen molar-refractivity contribution in [2.24, 2.45) is 22.8 Å². The van der Waals surface area contributed by atoms with Crippen LogP contribution in [0, 0.1) is 11.8 Å². The summed E-state index contributed by atoms with van der Waals surface area (Å²) in [5.74, 6) is 6.60. The second-order valence-electron chi connectivity index (χ2n) is 4.04. The van der Waals surface area contributed by atoms with Crippen LogP contribution in [0.1, 0.15) is 46.0 Å². The third-order valence-electron chi connectivity index (χ3n) is 2.76. The summed E-state index contributed by atoms with van der Waals surface area (Å²) in [6, 6.07) is 0. The maximum atomic E-state index is 5.39. The lowest BCUT2D eigenvalue weighted by Crippen LogP contribution is -2.23. The fourth-order valence-electron chi connectivity index (χ4n) is 2.12. The predicted molar refractivity (Wildman–Crippen MR) is 53.0 cm³/mol. The van der Waals surface area contributed by atoms with E-state index in [0.29, 0.717) is 11.8 Å². The average molecular weight is 168 g/mol. The van der Waals surface area contributed by atoms with E-state index in [0.717, 1.165) is 0 Å². The quantitative estimate of drug-likeness (QED) is 0.384. The molecule has 1 rings (SSSR count). The summed E-state index contributed by atoms with van der Waals surface area (Å²) >= 11 is 0. The van der Waals surface area contributed by atoms with E-state index in [1.54, 1.807) is 0 Å². The van der Waals surface area contributed by atoms with E-state index in [9.17, 15) is 0 Å². The van der Waals surface area contributed by atoms with Crippen LogP contribution in [0.3, 0.4) is 0 Å². The van der Waals surface area contributed by atoms with Crippen LogP contribution < -0.4 is 5.84 Å². The van der Waals surface area contributed by atoms with Crippen LogP contribution in [-0.4, -0.2) is 5.71 Å². The molecule has 12 heavy (non-hydrogen) atoms. The van der Waals surface area contributed by atoms with Crippen molar-refractivity contribution in [1.29, 1.82) is 0 Å². The van der Waals surface area contributed by atoms with Crippen molar-refractivity contribution in [2.75, 3.05) is 0 Å². The molecule has 2 heteroatoms. The van der Waals surface area contributed by atoms with Crippen molar-refractivity contribution in [3.05, 3.63) is 0 Å². The Morgan fingerprint density at radius 3 is 2.25 bits per heavy atom. The van der Waals surface area contributed by atoms with E-state index in [1.165, 1.54) is 37.8 Å². The third-order valence-corrected chi connectivity index (χ3v) is 2.76. The van der Waals surface area contributed by atoms with Gasteiger partial charge in [0.2, 0.25) is 0 Å². The second-order valence-corrected chi connectivity index (χ2v) is 4.04. The van der Waals surface area contributed by atoms with Gasteiger partial charge in [0.05, 0.1) is 0 Å². The smallest absolute Gasteiger partial charge is 0.0432 e. The molecule has 2 N–H and O–H groups in total. The fraction of sp³-hybridized carbons (Fsp3) is 0.900. The van der Waals surface area contributed by atoms with Crippen LogP contribution in [0.2, 0.25) is 0 Å². The molecule has 0 bridgehead atoms. The lowest BCUT2D eigenvalue weighted by molar-refractivity contribution is 0.429. The van der Waals surface area contributed by atoms with E-state index >= 15 is 0 Å². The molecule has 70 valence electrons. The van der Waals surface area contributed by atoms with Gasteiger partial charge in [0.15, 0.2) is 0 Å². The Balaban J connectivity index is 2.53. The highest BCUT2D eigenvalue weighted by molar-refractivity contribution is 5.88. The molecule has 0 amide bonds. The summed E-state index contributed by atoms with van der Waals surface area (Å²) in [6.45, 7) is 4.36. The van der Waals surface area contributed by atoms with Gasteiger partial charge in [-0.1, -0.05) is 33.1 Å². The Kier molecular flexibility index (Phi) is 3.57. The second kappa shape index (κ2) is 4.48. The molecule has 1 aliphatic carbocycles. The number of hydrazone groups is 1. The van der Waals surface area contributed by atoms with Gasteiger partial charge in [-0.3, -0.25) is 0 Å². The van der Waals surface area contributed by atoms with Gasteiger partial charge in [0.25, 0.3) is 0 Å². The maximum Gasteiger partial charge on any atom is 0.0432 e. The first kappa shape index (κ1) is 9.56. The molecule has 1 fully saturated rings. The Morgan fingerprint density at radius 1 is 1.25 bits per heavy atom. The van der Waals surface area contributed by atoms with Crippen molar-refractivity contribution >= 4 is 5.71 Å². The molecule has 0 unspecified atom stereocenters. The largest absolute Gasteiger partial charge is 0.323 e. The van der Waals surface area contributed by atoms with E-state index in [-0.39, 0.29) is 0 Å². The van der Waals surface area contributed by atoms with Crippen molar-refractivity contribution in [1.82, 2.24) is 0 Å². The molecule has 0 aromatic heterocycles. The first-order chi connectivity index (χ1) is 5.75. The van der Waals surface area contributed by atoms with Crippen LogP contribution in [0.5, 0.6) is 0 Å². The van der Waals surface area contributed by atoms with Crippen LogP contribution >= 0.6 is 0 Å². The molecular weight excluding hydrogens is 148 g/mol. The minimum Gasteiger partial charge on any atom is -0.323 e. The fourth-order valence-corrected chi connectivity index (χ4v) is 2.12. The first-order valence-electron chi connectivity index (χ1n) is 5.03. The summed E-state index contributed by atoms with van der Waals surface area (Å²) in [5, 5.41) is 3.93. The average Bonchev–Trinajstić information content (AvgIpc) is 2.07. The summed E-state index contributed by atoms with van der Waals surface area (Å²) < 4.78 is 0. The van der Waals surface area contributed by atoms with Gasteiger partial charge >= 0.3 is 0 Å². The Hall–Kier alpha value is -0.530. The standard InChI is InChI=1S/C10H20N2/c1-8(2)10(12-11)9-6-4-3-5-7-9/h8-9H,3-7,11H2,1-2H3/b12-10-. The molecule has 0 radical (unpaired) electrons. The predicted octanol–water partition coefficient (Wildman–Crippen LogP) is 2.54. The highest BCUT2D eigenvalue weighted by atomic mass is 15.1. The summed E-state index contributed by atoms with van der Waals surface area (Å²) in [7, 11) is 0. The van der Waals surface area contributed by atoms with Crippen LogP contribution in [0.25, 0.3) is 0 Å². The van der Waals surface area contributed by atoms with E-state index in [1.807, 2.05) is 0 Å². The normalized spacial score (nSPS) is 21.8. The molecule has 0 aromatic rings. The number of hydrogen-bond acceptors (Lipinski definition) is 2. The van der Waals surface area contributed by atoms with Crippen LogP contribution in [-0.2, 0) is 0 Å². The summed E-state index contributed by atoms with van der Waals surface area (Å²) in [6.07, 6.45) is 6.71. The van der Waals surface area contributed by atoms with E-state index < -0.39 is 0 Å². The minimum atomic E-state index is 0.526. The molecule has 0 atom stereocenters. The summed E-state index contributed by atoms with van der Waals surface area (Å²) in [4.78, 5) is 0. The molecule has 1 aliphatic rings. The zero-order valence-electron chi connectivity index (χ0n) is 8.21. The topological polar surface area (TPSA) is 38.4 Å². The van der Waals surface area contributed by atoms with Crippen LogP contribution in [0.15, 0.2) is 5.10 Å². The molecular formula is C10H20N2. The Morgan fingerprint density at radius 2 is 1.83 bits per heavy atom. The molecule has 0 aliphatic heterocycles. The van der Waals surface area contributed by atoms with E-state index in [2.05, 4.69) is 18.9 Å². The minimum absolute atomic E-state index is 0.526. The molecule has 1 saturated carbocycles. The highest BCUT2D eigenvalue weighted by Gasteiger charge is 2.20. The lowest BCUT2D eigenvalue weighted by atomic mass is 9.82. The number of nitrogens with two attached hydrogens (primary N) is 1. The highest BCUT2D eigenvalue weighted by Crippen LogP contribution is 2.27. The Bertz CT molecular complexity index is 155. The van der Waals surface area contributed by atoms with Gasteiger partial charge in [-0.05, 0) is 24.7 Å². The molecule has 0 heterocycles. The van der Waals surface area contributed by atoms with Crippen molar-refractivity contribution in [3.8, 4) is 0 Å². The summed E-state index contributed by atoms with van der Waals surface area (Å²) in [5.41, 5.74) is 1.23. The molecule has 0 spiro atoms. The van der Waals surface area contributed by atoms with Crippen LogP contribution in [0.4, 0.5) is 0 Å². The number of rotatable bonds is 2. The Labute approximate surface area is 75.2 Å². The van der Waals surface area contributed by atoms with Gasteiger partial charge in [-0.25, -0.2) is 0 Å². The third kappa shape index (κ3) is 2.23. The maximum absolute atomic E-state index is 5.39. The SMILES string of the molecule is CC(C)/C(=N/N)C1CCCCC1. The van der Waals surface area contributed by atoms with Crippen molar-refractivity contribution in [3.63, 3.8) is 0 Å². The number of hydrogen-bond donors (Lipinski definition) is 1. The first-order valence-corrected chi connectivity index (χ1v) is 5.03. The molecule has 2 nitrogen and oxygen atoms in total. The van der Waals surface area contributed by atoms with Gasteiger partial charge in [0, 0.05) is 5.71 Å². The van der Waals surface area contributed by atoms with E-state index in [4.69, 9.17) is 5.84 Å². The zero-order valence-corrected chi connectivity index (χ0v) is 8.21. The van der Waals surface area contributed by atoms with Crippen molar-refractivity contribution in [2.45, 2.75) is 46.0 Å². The van der Waals surface area contributed by atoms with Gasteiger partial charge in [-0.15, -0.1) is 0 Å². The van der Waals surface area contributed by atoms with Crippen molar-refractivity contribution < 1.29 is 0 Å². The number of nitrogens with zero attached hydrogens (tertiary/aromatic N) is 1. The van der Waals surface area contributed by atoms with Gasteiger partial charge in [0.1, 0.15) is 0 Å². The monoisotopic (exact) mass is 168 g/mol. The molecule has 0 saturated heterocycles. The zero-order chi connectivity index (χ0) is 8.97.